The van der Waals surface area contributed by atoms with E-state index in [4.69, 9.17) is 0 Å². The van der Waals surface area contributed by atoms with Crippen molar-refractivity contribution in [3.05, 3.63) is 61.2 Å². The lowest BCUT2D eigenvalue weighted by Gasteiger charge is -2.31. The van der Waals surface area contributed by atoms with Gasteiger partial charge in [-0.15, -0.1) is 13.2 Å². The van der Waals surface area contributed by atoms with Gasteiger partial charge in [0.25, 0.3) is 0 Å². The van der Waals surface area contributed by atoms with Gasteiger partial charge < -0.3 is 10.0 Å². The third kappa shape index (κ3) is 3.81. The van der Waals surface area contributed by atoms with Crippen LogP contribution in [0.2, 0.25) is 0 Å². The summed E-state index contributed by atoms with van der Waals surface area (Å²) in [6, 6.07) is 9.04. The van der Waals surface area contributed by atoms with E-state index in [0.717, 1.165) is 5.56 Å². The van der Waals surface area contributed by atoms with Crippen LogP contribution in [0.15, 0.2) is 55.6 Å². The summed E-state index contributed by atoms with van der Waals surface area (Å²) in [6.07, 6.45) is 3.18. The van der Waals surface area contributed by atoms with Crippen LogP contribution in [0.3, 0.4) is 0 Å². The summed E-state index contributed by atoms with van der Waals surface area (Å²) in [5.41, 5.74) is 0.804. The second-order valence-corrected chi connectivity index (χ2v) is 4.91. The number of benzene rings is 1. The van der Waals surface area contributed by atoms with Crippen LogP contribution in [-0.4, -0.2) is 29.0 Å². The summed E-state index contributed by atoms with van der Waals surface area (Å²) in [7, 11) is 1.71. The predicted octanol–water partition coefficient (Wildman–Crippen LogP) is 2.95. The number of likely N-dealkylation sites (N-methyl/N-ethyl adjacent to an activating group) is 1. The zero-order chi connectivity index (χ0) is 15.1. The molecule has 0 heterocycles. The summed E-state index contributed by atoms with van der Waals surface area (Å²) in [6.45, 7) is 9.17. The first-order chi connectivity index (χ1) is 9.52. The van der Waals surface area contributed by atoms with E-state index >= 15 is 0 Å². The summed E-state index contributed by atoms with van der Waals surface area (Å²) >= 11 is 0. The molecule has 0 aliphatic rings. The third-order valence-corrected chi connectivity index (χ3v) is 3.58. The fourth-order valence-corrected chi connectivity index (χ4v) is 2.08. The fraction of sp³-hybridized carbons (Fsp3) is 0.353. The van der Waals surface area contributed by atoms with Gasteiger partial charge in [-0.05, 0) is 18.9 Å². The van der Waals surface area contributed by atoms with Gasteiger partial charge in [0, 0.05) is 7.05 Å². The van der Waals surface area contributed by atoms with Crippen molar-refractivity contribution >= 4 is 5.91 Å². The predicted molar refractivity (Wildman–Crippen MR) is 82.1 cm³/mol. The van der Waals surface area contributed by atoms with Crippen molar-refractivity contribution in [3.8, 4) is 0 Å². The molecule has 0 spiro atoms. The van der Waals surface area contributed by atoms with Gasteiger partial charge in [0.15, 0.2) is 0 Å². The molecule has 1 rings (SSSR count). The van der Waals surface area contributed by atoms with Crippen molar-refractivity contribution in [2.75, 3.05) is 7.05 Å². The highest BCUT2D eigenvalue weighted by Crippen LogP contribution is 2.22. The second-order valence-electron chi connectivity index (χ2n) is 4.91. The smallest absolute Gasteiger partial charge is 0.229 e. The van der Waals surface area contributed by atoms with E-state index in [9.17, 15) is 9.90 Å². The first kappa shape index (κ1) is 16.2. The van der Waals surface area contributed by atoms with Gasteiger partial charge in [0.2, 0.25) is 5.91 Å². The Bertz CT molecular complexity index is 455. The van der Waals surface area contributed by atoms with E-state index < -0.39 is 6.10 Å². The zero-order valence-electron chi connectivity index (χ0n) is 12.2. The average molecular weight is 273 g/mol. The molecule has 0 aliphatic carbocycles. The molecule has 0 saturated carbocycles. The van der Waals surface area contributed by atoms with E-state index in [2.05, 4.69) is 13.2 Å². The van der Waals surface area contributed by atoms with Crippen molar-refractivity contribution in [1.82, 2.24) is 4.90 Å². The molecule has 0 bridgehead atoms. The minimum atomic E-state index is -0.709. The number of allylic oxidation sites excluding steroid dienone is 1. The Morgan fingerprint density at radius 3 is 2.45 bits per heavy atom. The molecule has 20 heavy (non-hydrogen) atoms. The Morgan fingerprint density at radius 2 is 1.95 bits per heavy atom. The molecule has 0 radical (unpaired) electrons. The average Bonchev–Trinajstić information content (AvgIpc) is 2.50. The molecule has 0 saturated heterocycles. The molecule has 0 aromatic heterocycles. The highest BCUT2D eigenvalue weighted by molar-refractivity contribution is 5.80. The highest BCUT2D eigenvalue weighted by Gasteiger charge is 2.27. The summed E-state index contributed by atoms with van der Waals surface area (Å²) in [5.74, 6) is -0.342. The molecule has 3 nitrogen and oxygen atoms in total. The summed E-state index contributed by atoms with van der Waals surface area (Å²) < 4.78 is 0. The van der Waals surface area contributed by atoms with E-state index in [0.29, 0.717) is 6.42 Å². The largest absolute Gasteiger partial charge is 0.386 e. The monoisotopic (exact) mass is 273 g/mol. The van der Waals surface area contributed by atoms with Gasteiger partial charge in [-0.2, -0.15) is 0 Å². The quantitative estimate of drug-likeness (QED) is 0.776. The zero-order valence-corrected chi connectivity index (χ0v) is 12.2. The van der Waals surface area contributed by atoms with E-state index in [1.54, 1.807) is 24.1 Å². The minimum absolute atomic E-state index is 0.0534. The Morgan fingerprint density at radius 1 is 1.35 bits per heavy atom. The van der Waals surface area contributed by atoms with Crippen LogP contribution in [0.4, 0.5) is 0 Å². The Labute approximate surface area is 121 Å². The van der Waals surface area contributed by atoms with Crippen LogP contribution in [-0.2, 0) is 4.79 Å². The molecular formula is C17H23NO2. The maximum absolute atomic E-state index is 12.3. The standard InChI is InChI=1S/C17H23NO2/c1-5-10-14(6-2)17(20)18(4)13(3)16(19)15-11-8-7-9-12-15/h5-9,11-14,16,19H,1-2,10H2,3-4H3/t13-,14+,16+/m0/s1. The van der Waals surface area contributed by atoms with Gasteiger partial charge in [0.05, 0.1) is 18.1 Å². The molecule has 3 atom stereocenters. The van der Waals surface area contributed by atoms with Crippen molar-refractivity contribution < 1.29 is 9.90 Å². The molecule has 0 fully saturated rings. The number of hydrogen-bond acceptors (Lipinski definition) is 2. The first-order valence-electron chi connectivity index (χ1n) is 6.76. The molecule has 0 unspecified atom stereocenters. The number of amides is 1. The number of hydrogen-bond donors (Lipinski definition) is 1. The normalized spacial score (nSPS) is 14.9. The van der Waals surface area contributed by atoms with Gasteiger partial charge >= 0.3 is 0 Å². The molecule has 1 aromatic carbocycles. The number of rotatable bonds is 7. The number of carbonyl (C=O) groups excluding carboxylic acids is 1. The molecule has 1 amide bonds. The molecule has 108 valence electrons. The van der Waals surface area contributed by atoms with Crippen LogP contribution < -0.4 is 0 Å². The number of aliphatic hydroxyl groups excluding tert-OH is 1. The van der Waals surface area contributed by atoms with Crippen LogP contribution in [0.5, 0.6) is 0 Å². The highest BCUT2D eigenvalue weighted by atomic mass is 16.3. The molecule has 1 N–H and O–H groups in total. The van der Waals surface area contributed by atoms with E-state index in [-0.39, 0.29) is 17.9 Å². The lowest BCUT2D eigenvalue weighted by atomic mass is 9.99. The van der Waals surface area contributed by atoms with E-state index in [1.165, 1.54) is 0 Å². The summed E-state index contributed by atoms with van der Waals surface area (Å²) in [4.78, 5) is 13.9. The lowest BCUT2D eigenvalue weighted by Crippen LogP contribution is -2.41. The lowest BCUT2D eigenvalue weighted by molar-refractivity contribution is -0.136. The molecular weight excluding hydrogens is 250 g/mol. The number of nitrogens with zero attached hydrogens (tertiary/aromatic N) is 1. The van der Waals surface area contributed by atoms with Crippen molar-refractivity contribution in [3.63, 3.8) is 0 Å². The van der Waals surface area contributed by atoms with Crippen LogP contribution >= 0.6 is 0 Å². The van der Waals surface area contributed by atoms with Gasteiger partial charge in [0.1, 0.15) is 0 Å². The Balaban J connectivity index is 2.80. The van der Waals surface area contributed by atoms with E-state index in [1.807, 2.05) is 37.3 Å². The summed E-state index contributed by atoms with van der Waals surface area (Å²) in [5, 5.41) is 10.4. The number of carbonyl (C=O) groups is 1. The number of aliphatic hydroxyl groups is 1. The van der Waals surface area contributed by atoms with Crippen LogP contribution in [0, 0.1) is 5.92 Å². The van der Waals surface area contributed by atoms with Gasteiger partial charge in [-0.3, -0.25) is 4.79 Å². The van der Waals surface area contributed by atoms with Crippen molar-refractivity contribution in [1.29, 1.82) is 0 Å². The maximum Gasteiger partial charge on any atom is 0.229 e. The topological polar surface area (TPSA) is 40.5 Å². The Hall–Kier alpha value is -1.87. The SMILES string of the molecule is C=CC[C@@H](C=C)C(=O)N(C)[C@@H](C)[C@@H](O)c1ccccc1. The van der Waals surface area contributed by atoms with Crippen LogP contribution in [0.1, 0.15) is 25.0 Å². The first-order valence-corrected chi connectivity index (χ1v) is 6.76. The minimum Gasteiger partial charge on any atom is -0.386 e. The molecule has 3 heteroatoms. The molecule has 1 aromatic rings. The second kappa shape index (κ2) is 7.65. The Kier molecular flexibility index (Phi) is 6.19. The fourth-order valence-electron chi connectivity index (χ4n) is 2.08. The van der Waals surface area contributed by atoms with Crippen molar-refractivity contribution in [2.45, 2.75) is 25.5 Å². The maximum atomic E-state index is 12.3. The van der Waals surface area contributed by atoms with Crippen LogP contribution in [0.25, 0.3) is 0 Å². The van der Waals surface area contributed by atoms with Crippen molar-refractivity contribution in [2.24, 2.45) is 5.92 Å². The van der Waals surface area contributed by atoms with Gasteiger partial charge in [-0.25, -0.2) is 0 Å². The van der Waals surface area contributed by atoms with Gasteiger partial charge in [-0.1, -0.05) is 42.5 Å². The molecule has 0 aliphatic heterocycles. The third-order valence-electron chi connectivity index (χ3n) is 3.58.